The molecule has 66 valence electrons. The van der Waals surface area contributed by atoms with Gasteiger partial charge in [0.15, 0.2) is 0 Å². The zero-order valence-electron chi connectivity index (χ0n) is 7.36. The van der Waals surface area contributed by atoms with E-state index in [4.69, 9.17) is 0 Å². The highest BCUT2D eigenvalue weighted by Gasteiger charge is 2.08. The number of aldehydes is 2. The predicted octanol–water partition coefficient (Wildman–Crippen LogP) is 1.04. The van der Waals surface area contributed by atoms with Crippen molar-refractivity contribution in [1.82, 2.24) is 0 Å². The fraction of sp³-hybridized carbons (Fsp3) is 0.444. The maximum atomic E-state index is 10.4. The number of carbonyl (C=O) groups is 2. The van der Waals surface area contributed by atoms with Crippen molar-refractivity contribution >= 4 is 18.8 Å². The number of allylic oxidation sites excluding steroid dienone is 2. The summed E-state index contributed by atoms with van der Waals surface area (Å²) in [6.45, 7) is 1.90. The van der Waals surface area contributed by atoms with Gasteiger partial charge in [0.2, 0.25) is 0 Å². The summed E-state index contributed by atoms with van der Waals surface area (Å²) in [6, 6.07) is 0. The molecule has 0 saturated carbocycles. The maximum absolute atomic E-state index is 10.4. The number of carbonyl (C=O) groups excluding carboxylic acids is 2. The Kier molecular flexibility index (Phi) is 5.79. The Hall–Kier alpha value is -1.25. The van der Waals surface area contributed by atoms with Gasteiger partial charge in [0.25, 0.3) is 0 Å². The number of hydrogen-bond donors (Lipinski definition) is 0. The molecule has 0 bridgehead atoms. The predicted molar refractivity (Wildman–Crippen MR) is 48.4 cm³/mol. The van der Waals surface area contributed by atoms with Crippen LogP contribution in [-0.4, -0.2) is 25.8 Å². The van der Waals surface area contributed by atoms with Crippen LogP contribution >= 0.6 is 0 Å². The Balaban J connectivity index is 4.50. The van der Waals surface area contributed by atoms with Gasteiger partial charge in [-0.2, -0.15) is 0 Å². The standard InChI is InChI=1S/C9H13NO2/c1-3-8(4-5-10-2)9(6-11)7-12/h4-7,9H,3H2,1-2H3/b8-4+,10-5?. The summed E-state index contributed by atoms with van der Waals surface area (Å²) in [7, 11) is 1.64. The van der Waals surface area contributed by atoms with Gasteiger partial charge in [-0.05, 0) is 12.5 Å². The van der Waals surface area contributed by atoms with Crippen molar-refractivity contribution in [1.29, 1.82) is 0 Å². The van der Waals surface area contributed by atoms with Crippen LogP contribution in [0.25, 0.3) is 0 Å². The lowest BCUT2D eigenvalue weighted by Gasteiger charge is -2.03. The van der Waals surface area contributed by atoms with E-state index in [1.54, 1.807) is 19.3 Å². The normalized spacial score (nSPS) is 12.4. The minimum atomic E-state index is -0.604. The topological polar surface area (TPSA) is 46.5 Å². The number of rotatable bonds is 5. The first-order valence-corrected chi connectivity index (χ1v) is 3.81. The number of aliphatic imine (C=N–C) groups is 1. The highest BCUT2D eigenvalue weighted by atomic mass is 16.1. The second-order valence-electron chi connectivity index (χ2n) is 2.30. The van der Waals surface area contributed by atoms with E-state index in [1.165, 1.54) is 0 Å². The largest absolute Gasteiger partial charge is 0.302 e. The summed E-state index contributed by atoms with van der Waals surface area (Å²) in [4.78, 5) is 24.5. The second kappa shape index (κ2) is 6.46. The van der Waals surface area contributed by atoms with Gasteiger partial charge in [-0.1, -0.05) is 12.5 Å². The lowest BCUT2D eigenvalue weighted by atomic mass is 10.00. The molecule has 0 rings (SSSR count). The zero-order valence-corrected chi connectivity index (χ0v) is 7.36. The average molecular weight is 167 g/mol. The van der Waals surface area contributed by atoms with Crippen LogP contribution in [-0.2, 0) is 9.59 Å². The molecule has 3 nitrogen and oxygen atoms in total. The summed E-state index contributed by atoms with van der Waals surface area (Å²) in [5.41, 5.74) is 0.797. The van der Waals surface area contributed by atoms with Gasteiger partial charge in [0, 0.05) is 13.3 Å². The molecule has 0 unspecified atom stereocenters. The lowest BCUT2D eigenvalue weighted by Crippen LogP contribution is -2.06. The molecule has 0 aromatic rings. The third-order valence-electron chi connectivity index (χ3n) is 1.57. The summed E-state index contributed by atoms with van der Waals surface area (Å²) in [5.74, 6) is -0.604. The Bertz CT molecular complexity index is 199. The molecule has 0 fully saturated rings. The smallest absolute Gasteiger partial charge is 0.134 e. The SMILES string of the molecule is CC/C(=C\C=NC)C(C=O)C=O. The van der Waals surface area contributed by atoms with Gasteiger partial charge in [0.05, 0.1) is 5.92 Å². The van der Waals surface area contributed by atoms with E-state index >= 15 is 0 Å². The third kappa shape index (κ3) is 3.23. The van der Waals surface area contributed by atoms with Crippen molar-refractivity contribution in [2.75, 3.05) is 7.05 Å². The molecule has 0 heterocycles. The van der Waals surface area contributed by atoms with E-state index in [9.17, 15) is 9.59 Å². The first-order valence-electron chi connectivity index (χ1n) is 3.81. The number of hydrogen-bond acceptors (Lipinski definition) is 3. The van der Waals surface area contributed by atoms with Crippen molar-refractivity contribution < 1.29 is 9.59 Å². The molecule has 3 heteroatoms. The van der Waals surface area contributed by atoms with Crippen LogP contribution in [0, 0.1) is 5.92 Å². The molecule has 0 aromatic heterocycles. The lowest BCUT2D eigenvalue weighted by molar-refractivity contribution is -0.117. The van der Waals surface area contributed by atoms with E-state index < -0.39 is 5.92 Å². The maximum Gasteiger partial charge on any atom is 0.134 e. The summed E-state index contributed by atoms with van der Waals surface area (Å²) in [6.07, 6.45) is 5.26. The Morgan fingerprint density at radius 3 is 2.33 bits per heavy atom. The first-order chi connectivity index (χ1) is 5.79. The summed E-state index contributed by atoms with van der Waals surface area (Å²) < 4.78 is 0. The molecule has 0 spiro atoms. The summed E-state index contributed by atoms with van der Waals surface area (Å²) in [5, 5.41) is 0. The minimum Gasteiger partial charge on any atom is -0.302 e. The molecular weight excluding hydrogens is 154 g/mol. The van der Waals surface area contributed by atoms with Crippen LogP contribution in [0.2, 0.25) is 0 Å². The van der Waals surface area contributed by atoms with Crippen LogP contribution < -0.4 is 0 Å². The fourth-order valence-electron chi connectivity index (χ4n) is 0.842. The van der Waals surface area contributed by atoms with Crippen molar-refractivity contribution in [3.63, 3.8) is 0 Å². The Morgan fingerprint density at radius 1 is 1.42 bits per heavy atom. The molecule has 0 aliphatic rings. The van der Waals surface area contributed by atoms with E-state index in [0.717, 1.165) is 5.57 Å². The zero-order chi connectivity index (χ0) is 9.40. The van der Waals surface area contributed by atoms with E-state index in [0.29, 0.717) is 19.0 Å². The van der Waals surface area contributed by atoms with Gasteiger partial charge in [-0.25, -0.2) is 0 Å². The molecule has 0 radical (unpaired) electrons. The van der Waals surface area contributed by atoms with Gasteiger partial charge < -0.3 is 9.59 Å². The highest BCUT2D eigenvalue weighted by molar-refractivity contribution is 5.84. The van der Waals surface area contributed by atoms with Crippen LogP contribution in [0.1, 0.15) is 13.3 Å². The van der Waals surface area contributed by atoms with Gasteiger partial charge in [0.1, 0.15) is 12.6 Å². The van der Waals surface area contributed by atoms with Crippen LogP contribution in [0.3, 0.4) is 0 Å². The van der Waals surface area contributed by atoms with Crippen LogP contribution in [0.5, 0.6) is 0 Å². The molecule has 0 saturated heterocycles. The van der Waals surface area contributed by atoms with E-state index in [2.05, 4.69) is 4.99 Å². The molecule has 0 amide bonds. The molecule has 0 aliphatic carbocycles. The molecule has 12 heavy (non-hydrogen) atoms. The van der Waals surface area contributed by atoms with Crippen molar-refractivity contribution in [3.05, 3.63) is 11.6 Å². The number of nitrogens with zero attached hydrogens (tertiary/aromatic N) is 1. The molecule has 0 aromatic carbocycles. The second-order valence-corrected chi connectivity index (χ2v) is 2.30. The quantitative estimate of drug-likeness (QED) is 0.349. The van der Waals surface area contributed by atoms with Crippen molar-refractivity contribution in [3.8, 4) is 0 Å². The Morgan fingerprint density at radius 2 is 2.00 bits per heavy atom. The highest BCUT2D eigenvalue weighted by Crippen LogP contribution is 2.09. The van der Waals surface area contributed by atoms with E-state index in [-0.39, 0.29) is 0 Å². The molecule has 0 aliphatic heterocycles. The van der Waals surface area contributed by atoms with Gasteiger partial charge in [-0.15, -0.1) is 0 Å². The first kappa shape index (κ1) is 10.8. The average Bonchev–Trinajstić information content (AvgIpc) is 2.12. The minimum absolute atomic E-state index is 0.604. The van der Waals surface area contributed by atoms with Crippen molar-refractivity contribution in [2.45, 2.75) is 13.3 Å². The molecular formula is C9H13NO2. The van der Waals surface area contributed by atoms with Gasteiger partial charge in [-0.3, -0.25) is 4.99 Å². The monoisotopic (exact) mass is 167 g/mol. The Labute approximate surface area is 72.2 Å². The molecule has 0 N–H and O–H groups in total. The van der Waals surface area contributed by atoms with Crippen LogP contribution in [0.4, 0.5) is 0 Å². The summed E-state index contributed by atoms with van der Waals surface area (Å²) >= 11 is 0. The van der Waals surface area contributed by atoms with E-state index in [1.807, 2.05) is 6.92 Å². The fourth-order valence-corrected chi connectivity index (χ4v) is 0.842. The third-order valence-corrected chi connectivity index (χ3v) is 1.57. The van der Waals surface area contributed by atoms with Crippen molar-refractivity contribution in [2.24, 2.45) is 10.9 Å². The van der Waals surface area contributed by atoms with Gasteiger partial charge >= 0.3 is 0 Å². The molecule has 0 atom stereocenters. The van der Waals surface area contributed by atoms with Crippen LogP contribution in [0.15, 0.2) is 16.6 Å².